The molecule has 2 aliphatic rings. The highest BCUT2D eigenvalue weighted by Gasteiger charge is 2.48. The van der Waals surface area contributed by atoms with E-state index in [1.807, 2.05) is 0 Å². The van der Waals surface area contributed by atoms with Crippen LogP contribution in [0.3, 0.4) is 0 Å². The first-order chi connectivity index (χ1) is 11.3. The number of benzene rings is 1. The Bertz CT molecular complexity index is 659. The molecule has 0 bridgehead atoms. The minimum atomic E-state index is -4.41. The molecule has 1 amide bonds. The van der Waals surface area contributed by atoms with Crippen LogP contribution in [0.4, 0.5) is 13.2 Å². The van der Waals surface area contributed by atoms with Gasteiger partial charge < -0.3 is 10.0 Å². The van der Waals surface area contributed by atoms with Gasteiger partial charge >= 0.3 is 12.1 Å². The number of alkyl halides is 3. The maximum absolute atomic E-state index is 12.8. The number of carbonyl (C=O) groups excluding carboxylic acids is 1. The largest absolute Gasteiger partial charge is 0.480 e. The van der Waals surface area contributed by atoms with Crippen molar-refractivity contribution in [2.75, 3.05) is 6.54 Å². The summed E-state index contributed by atoms with van der Waals surface area (Å²) < 4.78 is 38.4. The Morgan fingerprint density at radius 3 is 2.62 bits per heavy atom. The lowest BCUT2D eigenvalue weighted by atomic mass is 10.0. The van der Waals surface area contributed by atoms with Crippen molar-refractivity contribution in [3.8, 4) is 0 Å². The summed E-state index contributed by atoms with van der Waals surface area (Å²) in [7, 11) is 0. The number of amides is 1. The summed E-state index contributed by atoms with van der Waals surface area (Å²) in [6.07, 6.45) is -1.98. The van der Waals surface area contributed by atoms with E-state index in [9.17, 15) is 27.9 Å². The van der Waals surface area contributed by atoms with Gasteiger partial charge in [0.15, 0.2) is 0 Å². The van der Waals surface area contributed by atoms with Gasteiger partial charge in [0, 0.05) is 12.5 Å². The fourth-order valence-corrected chi connectivity index (χ4v) is 3.45. The van der Waals surface area contributed by atoms with Gasteiger partial charge in [-0.2, -0.15) is 13.2 Å². The molecule has 1 saturated heterocycles. The molecule has 130 valence electrons. The molecule has 1 aromatic rings. The number of likely N-dealkylation sites (tertiary alicyclic amines) is 1. The van der Waals surface area contributed by atoms with Gasteiger partial charge in [0.2, 0.25) is 5.91 Å². The number of hydrogen-bond donors (Lipinski definition) is 1. The molecule has 1 heterocycles. The molecule has 1 aromatic carbocycles. The Morgan fingerprint density at radius 1 is 1.21 bits per heavy atom. The maximum Gasteiger partial charge on any atom is 0.416 e. The van der Waals surface area contributed by atoms with Gasteiger partial charge in [-0.15, -0.1) is 0 Å². The Balaban J connectivity index is 1.73. The lowest BCUT2D eigenvalue weighted by Crippen LogP contribution is -2.48. The van der Waals surface area contributed by atoms with Crippen molar-refractivity contribution >= 4 is 11.9 Å². The van der Waals surface area contributed by atoms with E-state index >= 15 is 0 Å². The molecule has 1 N–H and O–H groups in total. The highest BCUT2D eigenvalue weighted by atomic mass is 19.4. The number of carbonyl (C=O) groups is 2. The lowest BCUT2D eigenvalue weighted by Gasteiger charge is -2.33. The summed E-state index contributed by atoms with van der Waals surface area (Å²) in [5.74, 6) is -1.92. The van der Waals surface area contributed by atoms with Crippen LogP contribution in [0.2, 0.25) is 0 Å². The van der Waals surface area contributed by atoms with Gasteiger partial charge in [0.1, 0.15) is 6.04 Å². The summed E-state index contributed by atoms with van der Waals surface area (Å²) in [4.78, 5) is 25.3. The van der Waals surface area contributed by atoms with E-state index in [0.717, 1.165) is 25.0 Å². The Kier molecular flexibility index (Phi) is 4.27. The fraction of sp³-hybridized carbons (Fsp3) is 0.529. The Labute approximate surface area is 137 Å². The predicted molar refractivity (Wildman–Crippen MR) is 79.3 cm³/mol. The molecule has 0 spiro atoms. The molecule has 1 aliphatic carbocycles. The van der Waals surface area contributed by atoms with Crippen LogP contribution in [0, 0.1) is 5.92 Å². The van der Waals surface area contributed by atoms with Gasteiger partial charge in [-0.25, -0.2) is 4.79 Å². The van der Waals surface area contributed by atoms with Crippen LogP contribution in [0.5, 0.6) is 0 Å². The van der Waals surface area contributed by atoms with Crippen molar-refractivity contribution in [2.24, 2.45) is 5.92 Å². The monoisotopic (exact) mass is 341 g/mol. The predicted octanol–water partition coefficient (Wildman–Crippen LogP) is 3.27. The van der Waals surface area contributed by atoms with Crippen LogP contribution >= 0.6 is 0 Å². The fourth-order valence-electron chi connectivity index (χ4n) is 3.45. The molecular weight excluding hydrogens is 323 g/mol. The summed E-state index contributed by atoms with van der Waals surface area (Å²) in [6.45, 7) is 0.404. The van der Waals surface area contributed by atoms with E-state index in [-0.39, 0.29) is 11.8 Å². The van der Waals surface area contributed by atoms with Crippen molar-refractivity contribution in [2.45, 2.75) is 43.8 Å². The van der Waals surface area contributed by atoms with Crippen LogP contribution in [0.1, 0.15) is 42.7 Å². The molecule has 4 nitrogen and oxygen atoms in total. The Hall–Kier alpha value is -2.05. The molecule has 2 unspecified atom stereocenters. The van der Waals surface area contributed by atoms with Gasteiger partial charge in [-0.05, 0) is 43.2 Å². The van der Waals surface area contributed by atoms with E-state index in [2.05, 4.69) is 0 Å². The van der Waals surface area contributed by atoms with Crippen molar-refractivity contribution in [3.63, 3.8) is 0 Å². The Morgan fingerprint density at radius 2 is 1.96 bits per heavy atom. The minimum absolute atomic E-state index is 0.246. The van der Waals surface area contributed by atoms with Crippen LogP contribution in [0.25, 0.3) is 0 Å². The third-order valence-electron chi connectivity index (χ3n) is 4.82. The minimum Gasteiger partial charge on any atom is -0.480 e. The second kappa shape index (κ2) is 6.11. The van der Waals surface area contributed by atoms with Gasteiger partial charge in [0.05, 0.1) is 5.56 Å². The zero-order valence-corrected chi connectivity index (χ0v) is 12.9. The summed E-state index contributed by atoms with van der Waals surface area (Å²) in [6, 6.07) is 4.22. The van der Waals surface area contributed by atoms with Gasteiger partial charge in [0.25, 0.3) is 0 Å². The van der Waals surface area contributed by atoms with Crippen LogP contribution in [-0.4, -0.2) is 34.5 Å². The van der Waals surface area contributed by atoms with Crippen LogP contribution < -0.4 is 0 Å². The van der Waals surface area contributed by atoms with Crippen molar-refractivity contribution in [1.29, 1.82) is 0 Å². The first-order valence-corrected chi connectivity index (χ1v) is 7.99. The lowest BCUT2D eigenvalue weighted by molar-refractivity contribution is -0.152. The number of piperidine rings is 1. The first kappa shape index (κ1) is 16.8. The highest BCUT2D eigenvalue weighted by molar-refractivity contribution is 5.87. The average Bonchev–Trinajstić information content (AvgIpc) is 3.34. The number of halogens is 3. The normalized spacial score (nSPS) is 27.0. The zero-order valence-electron chi connectivity index (χ0n) is 12.9. The number of hydrogen-bond acceptors (Lipinski definition) is 2. The molecule has 1 aliphatic heterocycles. The van der Waals surface area contributed by atoms with E-state index in [0.29, 0.717) is 24.9 Å². The topological polar surface area (TPSA) is 57.6 Å². The first-order valence-electron chi connectivity index (χ1n) is 7.99. The number of carboxylic acid groups (broad SMARTS) is 1. The smallest absolute Gasteiger partial charge is 0.416 e. The molecular formula is C17H18F3NO3. The molecule has 24 heavy (non-hydrogen) atoms. The van der Waals surface area contributed by atoms with Crippen LogP contribution in [0.15, 0.2) is 24.3 Å². The number of nitrogens with zero attached hydrogens (tertiary/aromatic N) is 1. The summed E-state index contributed by atoms with van der Waals surface area (Å²) in [5.41, 5.74) is -0.230. The second-order valence-electron chi connectivity index (χ2n) is 6.45. The summed E-state index contributed by atoms with van der Waals surface area (Å²) >= 11 is 0. The van der Waals surface area contributed by atoms with E-state index in [1.165, 1.54) is 11.0 Å². The quantitative estimate of drug-likeness (QED) is 0.918. The summed E-state index contributed by atoms with van der Waals surface area (Å²) in [5, 5.41) is 9.25. The van der Waals surface area contributed by atoms with Crippen LogP contribution in [-0.2, 0) is 15.8 Å². The molecule has 0 aromatic heterocycles. The molecule has 3 rings (SSSR count). The number of rotatable bonds is 3. The highest BCUT2D eigenvalue weighted by Crippen LogP contribution is 2.49. The average molecular weight is 341 g/mol. The molecule has 3 atom stereocenters. The van der Waals surface area contributed by atoms with E-state index < -0.39 is 29.7 Å². The third-order valence-corrected chi connectivity index (χ3v) is 4.82. The third kappa shape index (κ3) is 3.25. The molecule has 1 saturated carbocycles. The number of aliphatic carboxylic acids is 1. The standard InChI is InChI=1S/C17H18F3NO3/c18-17(19,20)11-5-3-4-10(8-11)12-9-13(12)15(22)21-7-2-1-6-14(21)16(23)24/h3-5,8,12-14H,1-2,6-7,9H2,(H,23,24)/t12?,13?,14-/m1/s1. The van der Waals surface area contributed by atoms with Crippen molar-refractivity contribution in [1.82, 2.24) is 4.90 Å². The number of carboxylic acids is 1. The molecule has 2 fully saturated rings. The molecule has 7 heteroatoms. The van der Waals surface area contributed by atoms with E-state index in [4.69, 9.17) is 0 Å². The second-order valence-corrected chi connectivity index (χ2v) is 6.45. The van der Waals surface area contributed by atoms with Crippen molar-refractivity contribution in [3.05, 3.63) is 35.4 Å². The molecule has 0 radical (unpaired) electrons. The van der Waals surface area contributed by atoms with Gasteiger partial charge in [-0.3, -0.25) is 4.79 Å². The van der Waals surface area contributed by atoms with Crippen molar-refractivity contribution < 1.29 is 27.9 Å². The van der Waals surface area contributed by atoms with Gasteiger partial charge in [-0.1, -0.05) is 18.2 Å². The maximum atomic E-state index is 12.8. The SMILES string of the molecule is O=C(O)[C@H]1CCCCN1C(=O)C1CC1c1cccc(C(F)(F)F)c1. The zero-order chi connectivity index (χ0) is 17.5. The van der Waals surface area contributed by atoms with E-state index in [1.54, 1.807) is 6.07 Å².